The summed E-state index contributed by atoms with van der Waals surface area (Å²) in [6, 6.07) is 16.6. The van der Waals surface area contributed by atoms with Gasteiger partial charge in [0.1, 0.15) is 5.75 Å². The zero-order chi connectivity index (χ0) is 18.8. The molecule has 1 aliphatic rings. The molecule has 0 spiro atoms. The van der Waals surface area contributed by atoms with Gasteiger partial charge in [-0.25, -0.2) is 9.67 Å². The monoisotopic (exact) mass is 362 g/mol. The number of benzene rings is 2. The van der Waals surface area contributed by atoms with E-state index in [0.29, 0.717) is 0 Å². The first-order chi connectivity index (χ1) is 13.1. The molecule has 140 valence electrons. The van der Waals surface area contributed by atoms with Gasteiger partial charge in [0.15, 0.2) is 11.6 Å². The average molecular weight is 362 g/mol. The highest BCUT2D eigenvalue weighted by atomic mass is 16.5. The summed E-state index contributed by atoms with van der Waals surface area (Å²) in [4.78, 5) is 7.08. The maximum atomic E-state index is 5.26. The highest BCUT2D eigenvalue weighted by molar-refractivity contribution is 5.62. The van der Waals surface area contributed by atoms with Gasteiger partial charge in [-0.1, -0.05) is 18.2 Å². The summed E-state index contributed by atoms with van der Waals surface area (Å²) in [6.45, 7) is 1.85. The Bertz CT molecular complexity index is 910. The maximum absolute atomic E-state index is 5.26. The lowest BCUT2D eigenvalue weighted by molar-refractivity contribution is 0.402. The Hall–Kier alpha value is -2.66. The van der Waals surface area contributed by atoms with E-state index >= 15 is 0 Å². The molecule has 27 heavy (non-hydrogen) atoms. The second-order valence-corrected chi connectivity index (χ2v) is 7.55. The van der Waals surface area contributed by atoms with Crippen molar-refractivity contribution in [2.45, 2.75) is 25.9 Å². The molecule has 0 bridgehead atoms. The van der Waals surface area contributed by atoms with E-state index in [-0.39, 0.29) is 0 Å². The van der Waals surface area contributed by atoms with Gasteiger partial charge in [0, 0.05) is 24.2 Å². The molecular weight excluding hydrogens is 336 g/mol. The molecule has 4 rings (SSSR count). The molecule has 1 heterocycles. The summed E-state index contributed by atoms with van der Waals surface area (Å²) in [5, 5.41) is 4.84. The zero-order valence-corrected chi connectivity index (χ0v) is 16.2. The largest absolute Gasteiger partial charge is 0.497 e. The molecule has 1 aromatic heterocycles. The van der Waals surface area contributed by atoms with Gasteiger partial charge in [-0.2, -0.15) is 5.10 Å². The fraction of sp³-hybridized carbons (Fsp3) is 0.364. The molecule has 0 N–H and O–H groups in total. The third kappa shape index (κ3) is 4.19. The lowest BCUT2D eigenvalue weighted by Crippen LogP contribution is -2.10. The van der Waals surface area contributed by atoms with E-state index in [1.807, 2.05) is 24.3 Å². The minimum Gasteiger partial charge on any atom is -0.497 e. The Morgan fingerprint density at radius 1 is 1.07 bits per heavy atom. The number of ether oxygens (including phenoxy) is 1. The van der Waals surface area contributed by atoms with Gasteiger partial charge in [0.25, 0.3) is 0 Å². The minimum atomic E-state index is 0.735. The fourth-order valence-corrected chi connectivity index (χ4v) is 3.26. The van der Waals surface area contributed by atoms with Crippen molar-refractivity contribution < 1.29 is 4.74 Å². The highest BCUT2D eigenvalue weighted by Crippen LogP contribution is 2.33. The van der Waals surface area contributed by atoms with Crippen molar-refractivity contribution in [3.8, 4) is 28.5 Å². The van der Waals surface area contributed by atoms with Crippen LogP contribution >= 0.6 is 0 Å². The van der Waals surface area contributed by atoms with E-state index in [1.54, 1.807) is 7.11 Å². The first-order valence-electron chi connectivity index (χ1n) is 9.45. The van der Waals surface area contributed by atoms with Crippen LogP contribution in [0.4, 0.5) is 0 Å². The van der Waals surface area contributed by atoms with Crippen molar-refractivity contribution in [3.05, 3.63) is 54.1 Å². The molecular formula is C22H26N4O. The van der Waals surface area contributed by atoms with Crippen LogP contribution in [0.25, 0.3) is 22.8 Å². The predicted molar refractivity (Wildman–Crippen MR) is 108 cm³/mol. The van der Waals surface area contributed by atoms with E-state index in [9.17, 15) is 0 Å². The Morgan fingerprint density at radius 2 is 1.85 bits per heavy atom. The van der Waals surface area contributed by atoms with Gasteiger partial charge in [0.2, 0.25) is 0 Å². The summed E-state index contributed by atoms with van der Waals surface area (Å²) in [7, 11) is 5.85. The first-order valence-corrected chi connectivity index (χ1v) is 9.45. The molecule has 1 aliphatic carbocycles. The molecule has 0 radical (unpaired) electrons. The van der Waals surface area contributed by atoms with Gasteiger partial charge < -0.3 is 9.64 Å². The molecule has 5 heteroatoms. The van der Waals surface area contributed by atoms with Gasteiger partial charge in [-0.15, -0.1) is 0 Å². The van der Waals surface area contributed by atoms with E-state index in [2.05, 4.69) is 47.9 Å². The molecule has 0 aliphatic heterocycles. The number of hydrogen-bond acceptors (Lipinski definition) is 4. The van der Waals surface area contributed by atoms with Crippen molar-refractivity contribution in [3.63, 3.8) is 0 Å². The van der Waals surface area contributed by atoms with Crippen molar-refractivity contribution in [1.82, 2.24) is 19.7 Å². The molecule has 5 nitrogen and oxygen atoms in total. The number of nitrogens with zero attached hydrogens (tertiary/aromatic N) is 4. The van der Waals surface area contributed by atoms with E-state index in [4.69, 9.17) is 14.8 Å². The summed E-state index contributed by atoms with van der Waals surface area (Å²) in [6.07, 6.45) is 2.58. The van der Waals surface area contributed by atoms with Gasteiger partial charge in [0.05, 0.1) is 7.11 Å². The molecule has 1 fully saturated rings. The van der Waals surface area contributed by atoms with E-state index in [1.165, 1.54) is 18.4 Å². The number of rotatable bonds is 7. The van der Waals surface area contributed by atoms with Crippen LogP contribution in [0.3, 0.4) is 0 Å². The van der Waals surface area contributed by atoms with Crippen LogP contribution in [0.5, 0.6) is 5.75 Å². The van der Waals surface area contributed by atoms with Crippen molar-refractivity contribution in [2.24, 2.45) is 5.92 Å². The van der Waals surface area contributed by atoms with E-state index < -0.39 is 0 Å². The van der Waals surface area contributed by atoms with Crippen molar-refractivity contribution >= 4 is 0 Å². The normalized spacial score (nSPS) is 13.9. The smallest absolute Gasteiger partial charge is 0.181 e. The van der Waals surface area contributed by atoms with Crippen molar-refractivity contribution in [2.75, 3.05) is 21.2 Å². The molecule has 0 amide bonds. The Labute approximate surface area is 160 Å². The van der Waals surface area contributed by atoms with Crippen LogP contribution in [-0.2, 0) is 13.1 Å². The van der Waals surface area contributed by atoms with Gasteiger partial charge in [-0.3, -0.25) is 0 Å². The zero-order valence-electron chi connectivity index (χ0n) is 16.2. The second-order valence-electron chi connectivity index (χ2n) is 7.55. The van der Waals surface area contributed by atoms with Crippen LogP contribution in [0, 0.1) is 5.92 Å². The summed E-state index contributed by atoms with van der Waals surface area (Å²) in [5.41, 5.74) is 3.42. The third-order valence-corrected chi connectivity index (χ3v) is 4.83. The first kappa shape index (κ1) is 17.7. The molecule has 0 atom stereocenters. The summed E-state index contributed by atoms with van der Waals surface area (Å²) >= 11 is 0. The predicted octanol–water partition coefficient (Wildman–Crippen LogP) is 4.09. The SMILES string of the molecule is COc1ccc(-c2nc(-c3cccc(CN(C)C)c3)n(CC3CC3)n2)cc1. The van der Waals surface area contributed by atoms with Crippen molar-refractivity contribution in [1.29, 1.82) is 0 Å². The molecule has 0 saturated heterocycles. The Balaban J connectivity index is 1.71. The lowest BCUT2D eigenvalue weighted by atomic mass is 10.1. The third-order valence-electron chi connectivity index (χ3n) is 4.83. The van der Waals surface area contributed by atoms with Crippen LogP contribution in [-0.4, -0.2) is 40.9 Å². The highest BCUT2D eigenvalue weighted by Gasteiger charge is 2.25. The molecule has 2 aromatic carbocycles. The topological polar surface area (TPSA) is 43.2 Å². The van der Waals surface area contributed by atoms with Crippen LogP contribution in [0.2, 0.25) is 0 Å². The minimum absolute atomic E-state index is 0.735. The molecule has 1 saturated carbocycles. The van der Waals surface area contributed by atoms with Gasteiger partial charge in [-0.05, 0) is 68.8 Å². The summed E-state index contributed by atoms with van der Waals surface area (Å²) in [5.74, 6) is 3.30. The van der Waals surface area contributed by atoms with Gasteiger partial charge >= 0.3 is 0 Å². The van der Waals surface area contributed by atoms with Crippen LogP contribution in [0.15, 0.2) is 48.5 Å². The lowest BCUT2D eigenvalue weighted by Gasteiger charge is -2.11. The molecule has 3 aromatic rings. The number of aromatic nitrogens is 3. The standard InChI is InChI=1S/C22H26N4O/c1-25(2)14-17-5-4-6-19(13-17)22-23-21(24-26(22)15-16-7-8-16)18-9-11-20(27-3)12-10-18/h4-6,9-13,16H,7-8,14-15H2,1-3H3. The summed E-state index contributed by atoms with van der Waals surface area (Å²) < 4.78 is 7.35. The quantitative estimate of drug-likeness (QED) is 0.635. The maximum Gasteiger partial charge on any atom is 0.181 e. The Morgan fingerprint density at radius 3 is 2.52 bits per heavy atom. The second kappa shape index (κ2) is 7.53. The number of methoxy groups -OCH3 is 1. The molecule has 0 unspecified atom stereocenters. The fourth-order valence-electron chi connectivity index (χ4n) is 3.26. The van der Waals surface area contributed by atoms with E-state index in [0.717, 1.165) is 47.5 Å². The number of hydrogen-bond donors (Lipinski definition) is 0. The van der Waals surface area contributed by atoms with Crippen LogP contribution in [0.1, 0.15) is 18.4 Å². The average Bonchev–Trinajstić information content (AvgIpc) is 3.38. The Kier molecular flexibility index (Phi) is 4.94. The van der Waals surface area contributed by atoms with Crippen LogP contribution < -0.4 is 4.74 Å².